The van der Waals surface area contributed by atoms with Crippen LogP contribution in [0, 0.1) is 12.8 Å². The molecule has 6 aliphatic heterocycles. The number of aliphatic imine (C=N–C) groups is 2. The van der Waals surface area contributed by atoms with Crippen LogP contribution in [-0.4, -0.2) is 119 Å². The Balaban J connectivity index is 1.09. The van der Waals surface area contributed by atoms with Gasteiger partial charge in [0.05, 0.1) is 12.0 Å². The third kappa shape index (κ3) is 6.92. The van der Waals surface area contributed by atoms with E-state index in [1.165, 1.54) is 6.07 Å². The number of allylic oxidation sites excluding steroid dienone is 2. The van der Waals surface area contributed by atoms with Crippen LogP contribution < -0.4 is 25.3 Å². The van der Waals surface area contributed by atoms with Gasteiger partial charge < -0.3 is 40.0 Å². The average molecular weight is 762 g/mol. The Bertz CT molecular complexity index is 2140. The van der Waals surface area contributed by atoms with Crippen molar-refractivity contribution < 1.29 is 59.1 Å². The van der Waals surface area contributed by atoms with Gasteiger partial charge in [0.1, 0.15) is 79.6 Å². The molecule has 1 saturated heterocycles. The summed E-state index contributed by atoms with van der Waals surface area (Å²) in [6.07, 6.45) is 6.34. The van der Waals surface area contributed by atoms with Crippen LogP contribution in [0.1, 0.15) is 37.5 Å². The molecule has 0 aliphatic carbocycles. The Morgan fingerprint density at radius 1 is 1.13 bits per heavy atom. The number of hydrogen-bond acceptors (Lipinski definition) is 13. The molecule has 9 unspecified atom stereocenters. The molecule has 16 heteroatoms. The molecule has 55 heavy (non-hydrogen) atoms. The van der Waals surface area contributed by atoms with E-state index in [9.17, 15) is 35.1 Å². The van der Waals surface area contributed by atoms with E-state index < -0.39 is 48.8 Å². The summed E-state index contributed by atoms with van der Waals surface area (Å²) in [6.45, 7) is 3.42. The van der Waals surface area contributed by atoms with Gasteiger partial charge in [-0.2, -0.15) is 0 Å². The van der Waals surface area contributed by atoms with Crippen LogP contribution in [0.5, 0.6) is 5.75 Å². The predicted molar refractivity (Wildman–Crippen MR) is 197 cm³/mol. The number of nitrogens with one attached hydrogen (secondary N) is 3. The second-order valence-corrected chi connectivity index (χ2v) is 15.6. The molecule has 2 aromatic rings. The first-order chi connectivity index (χ1) is 26.4. The maximum atomic E-state index is 13.4. The summed E-state index contributed by atoms with van der Waals surface area (Å²) in [5, 5.41) is 57.6. The molecule has 0 saturated carbocycles. The molecular formula is C39H47N5O11+2. The predicted octanol–water partition coefficient (Wildman–Crippen LogP) is -2.03. The molecule has 7 heterocycles. The van der Waals surface area contributed by atoms with E-state index >= 15 is 0 Å². The highest BCUT2D eigenvalue weighted by molar-refractivity contribution is 5.90. The highest BCUT2D eigenvalue weighted by atomic mass is 17.2. The second kappa shape index (κ2) is 14.6. The molecule has 292 valence electrons. The van der Waals surface area contributed by atoms with Crippen molar-refractivity contribution in [1.29, 1.82) is 0 Å². The van der Waals surface area contributed by atoms with Crippen LogP contribution in [-0.2, 0) is 21.0 Å². The fourth-order valence-electron chi connectivity index (χ4n) is 8.49. The molecule has 6 aliphatic rings. The van der Waals surface area contributed by atoms with Gasteiger partial charge in [-0.1, -0.05) is 0 Å². The van der Waals surface area contributed by atoms with Crippen molar-refractivity contribution in [3.8, 4) is 5.75 Å². The Morgan fingerprint density at radius 3 is 2.69 bits per heavy atom. The van der Waals surface area contributed by atoms with E-state index in [-0.39, 0.29) is 30.2 Å². The SMILES string of the molecule is Cc1cc(=O)c2cc3c(c([NH+]4C=C5N=CC=C5C4)c2o1)OC(C)(CCC1CNC(=O)C1)C(OOCC(O)C(O)(C[NH+]1CC=C2N=CC=C21)C(O)C(O)CO)C3. The molecule has 0 spiro atoms. The molecule has 16 nitrogen and oxygen atoms in total. The maximum absolute atomic E-state index is 13.4. The fourth-order valence-corrected chi connectivity index (χ4v) is 8.49. The largest absolute Gasteiger partial charge is 0.478 e. The smallest absolute Gasteiger partial charge is 0.222 e. The van der Waals surface area contributed by atoms with Crippen molar-refractivity contribution in [3.05, 3.63) is 80.8 Å². The number of benzene rings is 1. The third-order valence-corrected chi connectivity index (χ3v) is 11.7. The van der Waals surface area contributed by atoms with Crippen molar-refractivity contribution in [1.82, 2.24) is 5.32 Å². The monoisotopic (exact) mass is 761 g/mol. The minimum atomic E-state index is -2.35. The topological polar surface area (TPSA) is 222 Å². The molecule has 1 aromatic heterocycles. The number of hydrogen-bond donors (Lipinski definition) is 8. The summed E-state index contributed by atoms with van der Waals surface area (Å²) >= 11 is 0. The van der Waals surface area contributed by atoms with Crippen molar-refractivity contribution in [2.45, 2.75) is 75.1 Å². The Hall–Kier alpha value is -4.36. The number of nitrogens with zero attached hydrogens (tertiary/aromatic N) is 2. The van der Waals surface area contributed by atoms with E-state index in [2.05, 4.69) is 15.3 Å². The van der Waals surface area contributed by atoms with Crippen molar-refractivity contribution >= 4 is 35.0 Å². The quantitative estimate of drug-likeness (QED) is 0.0775. The number of amides is 1. The number of quaternary nitrogens is 2. The maximum Gasteiger partial charge on any atom is 0.222 e. The zero-order chi connectivity index (χ0) is 38.6. The van der Waals surface area contributed by atoms with Gasteiger partial charge in [0.2, 0.25) is 17.2 Å². The van der Waals surface area contributed by atoms with Crippen molar-refractivity contribution in [2.24, 2.45) is 15.9 Å². The molecule has 9 atom stereocenters. The molecule has 8 N–H and O–H groups in total. The number of aliphatic hydroxyl groups is 5. The minimum absolute atomic E-state index is 0.0111. The number of ether oxygens (including phenoxy) is 1. The number of carbonyl (C=O) groups is 1. The molecule has 1 fully saturated rings. The first-order valence-electron chi connectivity index (χ1n) is 18.7. The molecule has 1 amide bonds. The van der Waals surface area contributed by atoms with Crippen molar-refractivity contribution in [3.63, 3.8) is 0 Å². The molecule has 0 radical (unpaired) electrons. The van der Waals surface area contributed by atoms with E-state index in [1.807, 2.05) is 25.3 Å². The van der Waals surface area contributed by atoms with Gasteiger partial charge in [-0.3, -0.25) is 29.4 Å². The third-order valence-electron chi connectivity index (χ3n) is 11.7. The average Bonchev–Trinajstić information content (AvgIpc) is 4.00. The summed E-state index contributed by atoms with van der Waals surface area (Å²) in [5.74, 6) is 1.07. The first-order valence-corrected chi connectivity index (χ1v) is 18.7. The molecule has 1 aromatic carbocycles. The summed E-state index contributed by atoms with van der Waals surface area (Å²) in [6, 6.07) is 3.19. The van der Waals surface area contributed by atoms with Crippen LogP contribution in [0.3, 0.4) is 0 Å². The number of aliphatic hydroxyl groups excluding tert-OH is 4. The second-order valence-electron chi connectivity index (χ2n) is 15.6. The van der Waals surface area contributed by atoms with Crippen LogP contribution in [0.4, 0.5) is 5.69 Å². The Kier molecular flexibility index (Phi) is 9.98. The number of fused-ring (bicyclic) bond motifs is 4. The highest BCUT2D eigenvalue weighted by Gasteiger charge is 2.52. The van der Waals surface area contributed by atoms with Gasteiger partial charge in [0.15, 0.2) is 22.5 Å². The van der Waals surface area contributed by atoms with Gasteiger partial charge >= 0.3 is 0 Å². The molecule has 0 bridgehead atoms. The van der Waals surface area contributed by atoms with E-state index in [1.54, 1.807) is 31.5 Å². The zero-order valence-corrected chi connectivity index (χ0v) is 30.7. The van der Waals surface area contributed by atoms with E-state index in [4.69, 9.17) is 18.9 Å². The van der Waals surface area contributed by atoms with Gasteiger partial charge in [-0.25, -0.2) is 9.78 Å². The normalized spacial score (nSPS) is 29.1. The Labute approximate surface area is 315 Å². The lowest BCUT2D eigenvalue weighted by atomic mass is 9.83. The van der Waals surface area contributed by atoms with Gasteiger partial charge in [-0.15, -0.1) is 0 Å². The Morgan fingerprint density at radius 2 is 1.93 bits per heavy atom. The van der Waals surface area contributed by atoms with Gasteiger partial charge in [-0.05, 0) is 44.7 Å². The number of carbonyl (C=O) groups excluding carboxylic acids is 1. The number of rotatable bonds is 14. The zero-order valence-electron chi connectivity index (χ0n) is 30.7. The van der Waals surface area contributed by atoms with E-state index in [0.29, 0.717) is 77.5 Å². The van der Waals surface area contributed by atoms with Crippen molar-refractivity contribution in [2.75, 3.05) is 39.4 Å². The lowest BCUT2D eigenvalue weighted by Gasteiger charge is -2.42. The summed E-state index contributed by atoms with van der Waals surface area (Å²) in [7, 11) is 0. The summed E-state index contributed by atoms with van der Waals surface area (Å²) in [4.78, 5) is 47.6. The van der Waals surface area contributed by atoms with Crippen LogP contribution >= 0.6 is 0 Å². The minimum Gasteiger partial charge on any atom is -0.478 e. The standard InChI is InChI=1S/C39H45N5O11/c1-21-11-29(46)25-13-24-14-32(55-52-19-31(48)39(51,37(50)30(47)18-45)20-43-10-6-26-28(43)5-9-40-26)38(2,7-3-22-12-33(49)42-15-22)54-35(24)34(36(25)53-21)44-16-23-4-8-41-27(23)17-44/h4-6,8-9,11,13,17,22,30-32,37,45,47-48,50-51H,3,7,10,12,14-16,18-20H2,1-2H3,(H,42,49)/p+2. The molecular weight excluding hydrogens is 714 g/mol. The molecule has 8 rings (SSSR count). The summed E-state index contributed by atoms with van der Waals surface area (Å²) < 4.78 is 13.2. The van der Waals surface area contributed by atoms with Gasteiger partial charge in [0.25, 0.3) is 0 Å². The summed E-state index contributed by atoms with van der Waals surface area (Å²) in [5.41, 5.74) is 1.51. The highest BCUT2D eigenvalue weighted by Crippen LogP contribution is 2.45. The van der Waals surface area contributed by atoms with E-state index in [0.717, 1.165) is 27.6 Å². The number of aryl methyl sites for hydroxylation is 1. The van der Waals surface area contributed by atoms with Crippen LogP contribution in [0.15, 0.2) is 78.4 Å². The van der Waals surface area contributed by atoms with Crippen LogP contribution in [0.25, 0.3) is 11.0 Å². The first kappa shape index (κ1) is 37.6. The van der Waals surface area contributed by atoms with Gasteiger partial charge in [0, 0.05) is 61.2 Å². The lowest BCUT2D eigenvalue weighted by molar-refractivity contribution is -0.856. The van der Waals surface area contributed by atoms with Crippen LogP contribution in [0.2, 0.25) is 0 Å². The fraction of sp³-hybridized carbons (Fsp3) is 0.487. The lowest BCUT2D eigenvalue weighted by Crippen LogP contribution is -3.11.